The van der Waals surface area contributed by atoms with Crippen molar-refractivity contribution in [3.05, 3.63) is 12.0 Å². The molecule has 0 saturated carbocycles. The number of rotatable bonds is 7. The first-order valence-corrected chi connectivity index (χ1v) is 9.24. The zero-order valence-electron chi connectivity index (χ0n) is 17.4. The Bertz CT molecular complexity index is 807. The van der Waals surface area contributed by atoms with Gasteiger partial charge in [0.2, 0.25) is 0 Å². The van der Waals surface area contributed by atoms with E-state index in [4.69, 9.17) is 23.7 Å². The van der Waals surface area contributed by atoms with Crippen LogP contribution in [0.15, 0.2) is 6.33 Å². The predicted octanol–water partition coefficient (Wildman–Crippen LogP) is 1.08. The van der Waals surface area contributed by atoms with E-state index in [-0.39, 0.29) is 19.0 Å². The van der Waals surface area contributed by atoms with Crippen molar-refractivity contribution in [2.75, 3.05) is 18.5 Å². The molecule has 1 amide bonds. The number of aromatic nitrogens is 2. The van der Waals surface area contributed by atoms with Gasteiger partial charge in [-0.15, -0.1) is 0 Å². The van der Waals surface area contributed by atoms with E-state index in [9.17, 15) is 19.2 Å². The van der Waals surface area contributed by atoms with Crippen molar-refractivity contribution in [1.29, 1.82) is 0 Å². The maximum absolute atomic E-state index is 11.7. The SMILES string of the molecule is CCOC(=O)Nc1ncn([C@@H]2O[C@H](COC(C)=O)[C@@H](OC(C)=O)[C@H]2OC(C)=O)c1C. The molecule has 1 aliphatic heterocycles. The van der Waals surface area contributed by atoms with E-state index in [0.29, 0.717) is 5.69 Å². The topological polar surface area (TPSA) is 144 Å². The summed E-state index contributed by atoms with van der Waals surface area (Å²) in [4.78, 5) is 50.3. The predicted molar refractivity (Wildman–Crippen MR) is 99.3 cm³/mol. The summed E-state index contributed by atoms with van der Waals surface area (Å²) in [6.45, 7) is 6.92. The van der Waals surface area contributed by atoms with Gasteiger partial charge in [-0.1, -0.05) is 0 Å². The van der Waals surface area contributed by atoms with Crippen molar-refractivity contribution in [3.8, 4) is 0 Å². The highest BCUT2D eigenvalue weighted by molar-refractivity contribution is 5.83. The second-order valence-electron chi connectivity index (χ2n) is 6.45. The van der Waals surface area contributed by atoms with Crippen LogP contribution in [0.4, 0.5) is 10.6 Å². The minimum Gasteiger partial charge on any atom is -0.463 e. The number of amides is 1. The first-order chi connectivity index (χ1) is 14.1. The van der Waals surface area contributed by atoms with E-state index in [1.807, 2.05) is 0 Å². The van der Waals surface area contributed by atoms with Gasteiger partial charge in [0.25, 0.3) is 0 Å². The van der Waals surface area contributed by atoms with Crippen LogP contribution in [0.1, 0.15) is 39.6 Å². The number of nitrogens with zero attached hydrogens (tertiary/aromatic N) is 2. The number of anilines is 1. The summed E-state index contributed by atoms with van der Waals surface area (Å²) < 4.78 is 27.9. The van der Waals surface area contributed by atoms with Gasteiger partial charge in [0.1, 0.15) is 12.7 Å². The summed E-state index contributed by atoms with van der Waals surface area (Å²) in [5.74, 6) is -1.58. The molecule has 1 N–H and O–H groups in total. The molecule has 30 heavy (non-hydrogen) atoms. The second kappa shape index (κ2) is 10.1. The third-order valence-corrected chi connectivity index (χ3v) is 4.15. The lowest BCUT2D eigenvalue weighted by atomic mass is 10.1. The Hall–Kier alpha value is -3.15. The van der Waals surface area contributed by atoms with Crippen molar-refractivity contribution in [2.45, 2.75) is 59.2 Å². The normalized spacial score (nSPS) is 22.8. The molecule has 2 rings (SSSR count). The third-order valence-electron chi connectivity index (χ3n) is 4.15. The molecule has 0 radical (unpaired) electrons. The average molecular weight is 427 g/mol. The van der Waals surface area contributed by atoms with Gasteiger partial charge >= 0.3 is 24.0 Å². The number of imidazole rings is 1. The molecule has 12 nitrogen and oxygen atoms in total. The van der Waals surface area contributed by atoms with E-state index in [0.717, 1.165) is 0 Å². The first-order valence-electron chi connectivity index (χ1n) is 9.24. The first kappa shape index (κ1) is 23.1. The zero-order chi connectivity index (χ0) is 22.4. The van der Waals surface area contributed by atoms with Gasteiger partial charge in [0.15, 0.2) is 24.3 Å². The molecule has 166 valence electrons. The summed E-state index contributed by atoms with van der Waals surface area (Å²) in [7, 11) is 0. The minimum absolute atomic E-state index is 0.188. The molecule has 1 aromatic rings. The zero-order valence-corrected chi connectivity index (χ0v) is 17.4. The number of hydrogen-bond donors (Lipinski definition) is 1. The van der Waals surface area contributed by atoms with Crippen LogP contribution >= 0.6 is 0 Å². The van der Waals surface area contributed by atoms with Gasteiger partial charge in [-0.2, -0.15) is 0 Å². The van der Waals surface area contributed by atoms with Gasteiger partial charge in [-0.3, -0.25) is 19.7 Å². The maximum atomic E-state index is 11.7. The largest absolute Gasteiger partial charge is 0.463 e. The second-order valence-corrected chi connectivity index (χ2v) is 6.45. The van der Waals surface area contributed by atoms with Gasteiger partial charge in [0, 0.05) is 20.8 Å². The molecule has 0 unspecified atom stereocenters. The molecule has 0 spiro atoms. The number of ether oxygens (including phenoxy) is 5. The maximum Gasteiger partial charge on any atom is 0.412 e. The summed E-state index contributed by atoms with van der Waals surface area (Å²) in [5, 5.41) is 2.49. The number of hydrogen-bond acceptors (Lipinski definition) is 10. The van der Waals surface area contributed by atoms with Crippen LogP contribution in [0.3, 0.4) is 0 Å². The highest BCUT2D eigenvalue weighted by Gasteiger charge is 2.51. The van der Waals surface area contributed by atoms with Crippen LogP contribution in [0.5, 0.6) is 0 Å². The van der Waals surface area contributed by atoms with Crippen LogP contribution in [-0.4, -0.2) is 65.1 Å². The summed E-state index contributed by atoms with van der Waals surface area (Å²) >= 11 is 0. The Balaban J connectivity index is 2.34. The summed E-state index contributed by atoms with van der Waals surface area (Å²) in [6.07, 6.45) is -3.23. The lowest BCUT2D eigenvalue weighted by Gasteiger charge is -2.24. The molecule has 0 aromatic carbocycles. The van der Waals surface area contributed by atoms with Crippen LogP contribution in [0, 0.1) is 6.92 Å². The van der Waals surface area contributed by atoms with Crippen LogP contribution in [0.25, 0.3) is 0 Å². The van der Waals surface area contributed by atoms with Gasteiger partial charge in [-0.05, 0) is 13.8 Å². The fourth-order valence-electron chi connectivity index (χ4n) is 2.98. The average Bonchev–Trinajstić information content (AvgIpc) is 3.14. The van der Waals surface area contributed by atoms with Crippen molar-refractivity contribution in [2.24, 2.45) is 0 Å². The highest BCUT2D eigenvalue weighted by atomic mass is 16.7. The number of carbonyl (C=O) groups is 4. The van der Waals surface area contributed by atoms with Crippen molar-refractivity contribution < 1.29 is 42.9 Å². The number of carbonyl (C=O) groups excluding carboxylic acids is 4. The Kier molecular flexibility index (Phi) is 7.75. The third kappa shape index (κ3) is 5.69. The molecule has 1 fully saturated rings. The van der Waals surface area contributed by atoms with Gasteiger partial charge in [-0.25, -0.2) is 9.78 Å². The molecule has 0 bridgehead atoms. The van der Waals surface area contributed by atoms with Gasteiger partial charge in [0.05, 0.1) is 18.6 Å². The molecular weight excluding hydrogens is 402 g/mol. The van der Waals surface area contributed by atoms with Crippen molar-refractivity contribution >= 4 is 29.8 Å². The van der Waals surface area contributed by atoms with E-state index >= 15 is 0 Å². The van der Waals surface area contributed by atoms with E-state index in [1.165, 1.54) is 31.7 Å². The summed E-state index contributed by atoms with van der Waals surface area (Å²) in [5.41, 5.74) is 0.472. The molecule has 1 aliphatic rings. The quantitative estimate of drug-likeness (QED) is 0.496. The Morgan fingerprint density at radius 3 is 2.27 bits per heavy atom. The molecular formula is C18H25N3O9. The number of nitrogens with one attached hydrogen (secondary N) is 1. The Labute approximate surface area is 172 Å². The fourth-order valence-corrected chi connectivity index (χ4v) is 2.98. The smallest absolute Gasteiger partial charge is 0.412 e. The Morgan fingerprint density at radius 2 is 1.70 bits per heavy atom. The Morgan fingerprint density at radius 1 is 1.07 bits per heavy atom. The van der Waals surface area contributed by atoms with E-state index in [1.54, 1.807) is 13.8 Å². The minimum atomic E-state index is -1.05. The van der Waals surface area contributed by atoms with E-state index in [2.05, 4.69) is 10.3 Å². The molecule has 1 aromatic heterocycles. The fraction of sp³-hybridized carbons (Fsp3) is 0.611. The molecule has 4 atom stereocenters. The molecule has 2 heterocycles. The molecule has 12 heteroatoms. The van der Waals surface area contributed by atoms with Crippen LogP contribution < -0.4 is 5.32 Å². The molecule has 0 aliphatic carbocycles. The standard InChI is InChI=1S/C18H25N3O9/c1-6-26-18(25)20-16-9(2)21(8-19-16)17-15(29-12(5)24)14(28-11(4)23)13(30-17)7-27-10(3)22/h8,13-15,17H,6-7H2,1-5H3,(H,20,25)/t13-,14-,15-,17-/m1/s1. The highest BCUT2D eigenvalue weighted by Crippen LogP contribution is 2.36. The van der Waals surface area contributed by atoms with E-state index < -0.39 is 48.5 Å². The lowest BCUT2D eigenvalue weighted by Crippen LogP contribution is -2.40. The number of esters is 3. The van der Waals surface area contributed by atoms with Crippen molar-refractivity contribution in [1.82, 2.24) is 9.55 Å². The van der Waals surface area contributed by atoms with Gasteiger partial charge < -0.3 is 28.3 Å². The van der Waals surface area contributed by atoms with Crippen LogP contribution in [0.2, 0.25) is 0 Å². The molecule has 1 saturated heterocycles. The monoisotopic (exact) mass is 427 g/mol. The summed E-state index contributed by atoms with van der Waals surface area (Å²) in [6, 6.07) is 0. The lowest BCUT2D eigenvalue weighted by molar-refractivity contribution is -0.166. The van der Waals surface area contributed by atoms with Crippen molar-refractivity contribution in [3.63, 3.8) is 0 Å². The van der Waals surface area contributed by atoms with Crippen LogP contribution in [-0.2, 0) is 38.1 Å².